The summed E-state index contributed by atoms with van der Waals surface area (Å²) in [5.41, 5.74) is 1.08. The zero-order chi connectivity index (χ0) is 25.5. The van der Waals surface area contributed by atoms with Crippen molar-refractivity contribution in [1.29, 1.82) is 0 Å². The Morgan fingerprint density at radius 2 is 1.85 bits per heavy atom. The van der Waals surface area contributed by atoms with Crippen LogP contribution in [0.5, 0.6) is 0 Å². The number of carbonyl (C=O) groups excluding carboxylic acids is 2. The molecule has 10 heteroatoms. The molecule has 1 atom stereocenters. The van der Waals surface area contributed by atoms with Crippen LogP contribution in [0.2, 0.25) is 5.02 Å². The SMILES string of the molecule is CCCCNC(=O)[C@@H](C)N(Cc1ccccc1F)C(=O)CN(c1ccc(Cl)cc1C)S(C)(=O)=O. The maximum absolute atomic E-state index is 14.4. The Balaban J connectivity index is 2.39. The highest BCUT2D eigenvalue weighted by Gasteiger charge is 2.31. The number of hydrogen-bond donors (Lipinski definition) is 1. The molecule has 0 spiro atoms. The summed E-state index contributed by atoms with van der Waals surface area (Å²) in [7, 11) is -3.86. The van der Waals surface area contributed by atoms with E-state index in [-0.39, 0.29) is 12.1 Å². The van der Waals surface area contributed by atoms with Gasteiger partial charge in [-0.25, -0.2) is 12.8 Å². The molecular weight excluding hydrogens is 481 g/mol. The van der Waals surface area contributed by atoms with Gasteiger partial charge in [0.05, 0.1) is 11.9 Å². The Labute approximate surface area is 205 Å². The zero-order valence-electron chi connectivity index (χ0n) is 19.8. The first kappa shape index (κ1) is 27.6. The summed E-state index contributed by atoms with van der Waals surface area (Å²) < 4.78 is 40.5. The van der Waals surface area contributed by atoms with Gasteiger partial charge >= 0.3 is 0 Å². The zero-order valence-corrected chi connectivity index (χ0v) is 21.4. The normalized spacial score (nSPS) is 12.2. The molecule has 0 saturated heterocycles. The lowest BCUT2D eigenvalue weighted by Crippen LogP contribution is -2.51. The lowest BCUT2D eigenvalue weighted by Gasteiger charge is -2.32. The van der Waals surface area contributed by atoms with E-state index in [1.54, 1.807) is 26.0 Å². The molecule has 0 bridgehead atoms. The van der Waals surface area contributed by atoms with Crippen molar-refractivity contribution in [3.63, 3.8) is 0 Å². The highest BCUT2D eigenvalue weighted by atomic mass is 35.5. The van der Waals surface area contributed by atoms with Crippen molar-refractivity contribution in [3.8, 4) is 0 Å². The van der Waals surface area contributed by atoms with Crippen molar-refractivity contribution in [2.45, 2.75) is 46.2 Å². The van der Waals surface area contributed by atoms with E-state index in [2.05, 4.69) is 5.32 Å². The smallest absolute Gasteiger partial charge is 0.244 e. The fourth-order valence-electron chi connectivity index (χ4n) is 3.42. The van der Waals surface area contributed by atoms with Crippen molar-refractivity contribution < 1.29 is 22.4 Å². The maximum Gasteiger partial charge on any atom is 0.244 e. The van der Waals surface area contributed by atoms with Gasteiger partial charge in [0.1, 0.15) is 18.4 Å². The number of carbonyl (C=O) groups is 2. The van der Waals surface area contributed by atoms with Gasteiger partial charge in [-0.15, -0.1) is 0 Å². The van der Waals surface area contributed by atoms with E-state index in [0.29, 0.717) is 22.8 Å². The van der Waals surface area contributed by atoms with Crippen LogP contribution < -0.4 is 9.62 Å². The highest BCUT2D eigenvalue weighted by molar-refractivity contribution is 7.92. The molecule has 186 valence electrons. The van der Waals surface area contributed by atoms with E-state index in [1.807, 2.05) is 6.92 Å². The first-order valence-electron chi connectivity index (χ1n) is 11.0. The van der Waals surface area contributed by atoms with Crippen molar-refractivity contribution >= 4 is 39.1 Å². The van der Waals surface area contributed by atoms with E-state index in [0.717, 1.165) is 23.4 Å². The van der Waals surface area contributed by atoms with E-state index in [9.17, 15) is 22.4 Å². The number of amides is 2. The predicted octanol–water partition coefficient (Wildman–Crippen LogP) is 3.89. The molecule has 2 amide bonds. The van der Waals surface area contributed by atoms with Gasteiger partial charge < -0.3 is 10.2 Å². The standard InChI is InChI=1S/C24H31ClFN3O4S/c1-5-6-13-27-24(31)18(3)28(15-19-9-7-8-10-21(19)26)23(30)16-29(34(4,32)33)22-12-11-20(25)14-17(22)2/h7-12,14,18H,5-6,13,15-16H2,1-4H3,(H,27,31)/t18-/m1/s1. The third-order valence-corrected chi connectivity index (χ3v) is 6.76. The summed E-state index contributed by atoms with van der Waals surface area (Å²) >= 11 is 6.00. The van der Waals surface area contributed by atoms with Gasteiger partial charge in [-0.05, 0) is 50.1 Å². The Kier molecular flexibility index (Phi) is 9.88. The molecule has 0 aliphatic heterocycles. The largest absolute Gasteiger partial charge is 0.354 e. The second-order valence-electron chi connectivity index (χ2n) is 8.13. The minimum Gasteiger partial charge on any atom is -0.354 e. The summed E-state index contributed by atoms with van der Waals surface area (Å²) in [5, 5.41) is 3.21. The molecule has 0 aliphatic carbocycles. The van der Waals surface area contributed by atoms with E-state index in [1.165, 1.54) is 35.2 Å². The van der Waals surface area contributed by atoms with Gasteiger partial charge in [0.2, 0.25) is 21.8 Å². The fraction of sp³-hybridized carbons (Fsp3) is 0.417. The van der Waals surface area contributed by atoms with Gasteiger partial charge in [0, 0.05) is 23.7 Å². The molecule has 0 heterocycles. The van der Waals surface area contributed by atoms with E-state index < -0.39 is 40.2 Å². The van der Waals surface area contributed by atoms with Gasteiger partial charge in [-0.2, -0.15) is 0 Å². The molecule has 2 aromatic rings. The average molecular weight is 512 g/mol. The topological polar surface area (TPSA) is 86.8 Å². The van der Waals surface area contributed by atoms with Gasteiger partial charge in [-0.3, -0.25) is 13.9 Å². The molecule has 1 N–H and O–H groups in total. The number of nitrogens with one attached hydrogen (secondary N) is 1. The van der Waals surface area contributed by atoms with E-state index in [4.69, 9.17) is 11.6 Å². The number of benzene rings is 2. The van der Waals surface area contributed by atoms with Crippen LogP contribution in [0.25, 0.3) is 0 Å². The number of anilines is 1. The first-order valence-corrected chi connectivity index (χ1v) is 13.2. The fourth-order valence-corrected chi connectivity index (χ4v) is 4.56. The van der Waals surface area contributed by atoms with Crippen LogP contribution >= 0.6 is 11.6 Å². The number of hydrogen-bond acceptors (Lipinski definition) is 4. The van der Waals surface area contributed by atoms with Crippen LogP contribution in [0.3, 0.4) is 0 Å². The molecule has 0 unspecified atom stereocenters. The number of rotatable bonds is 11. The van der Waals surface area contributed by atoms with Crippen molar-refractivity contribution in [1.82, 2.24) is 10.2 Å². The molecule has 0 saturated carbocycles. The third-order valence-electron chi connectivity index (χ3n) is 5.40. The molecule has 0 aliphatic rings. The predicted molar refractivity (Wildman–Crippen MR) is 133 cm³/mol. The summed E-state index contributed by atoms with van der Waals surface area (Å²) in [6.07, 6.45) is 2.66. The van der Waals surface area contributed by atoms with Gasteiger partial charge in [0.25, 0.3) is 0 Å². The van der Waals surface area contributed by atoms with E-state index >= 15 is 0 Å². The molecule has 0 radical (unpaired) electrons. The maximum atomic E-state index is 14.4. The Bertz CT molecular complexity index is 1130. The van der Waals surface area contributed by atoms with Crippen LogP contribution in [-0.2, 0) is 26.2 Å². The molecule has 2 rings (SSSR count). The highest BCUT2D eigenvalue weighted by Crippen LogP contribution is 2.26. The lowest BCUT2D eigenvalue weighted by molar-refractivity contribution is -0.139. The lowest BCUT2D eigenvalue weighted by atomic mass is 10.1. The van der Waals surface area contributed by atoms with Crippen LogP contribution in [0, 0.1) is 12.7 Å². The molecular formula is C24H31ClFN3O4S. The molecule has 0 aromatic heterocycles. The second-order valence-corrected chi connectivity index (χ2v) is 10.5. The molecule has 34 heavy (non-hydrogen) atoms. The number of aryl methyl sites for hydroxylation is 1. The van der Waals surface area contributed by atoms with Crippen LogP contribution in [0.1, 0.15) is 37.8 Å². The number of unbranched alkanes of at least 4 members (excludes halogenated alkanes) is 1. The average Bonchev–Trinajstić information content (AvgIpc) is 2.76. The Morgan fingerprint density at radius 1 is 1.18 bits per heavy atom. The van der Waals surface area contributed by atoms with Crippen LogP contribution in [0.15, 0.2) is 42.5 Å². The van der Waals surface area contributed by atoms with Crippen molar-refractivity contribution in [3.05, 3.63) is 64.4 Å². The molecule has 2 aromatic carbocycles. The summed E-state index contributed by atoms with van der Waals surface area (Å²) in [4.78, 5) is 27.4. The summed E-state index contributed by atoms with van der Waals surface area (Å²) in [5.74, 6) is -1.56. The van der Waals surface area contributed by atoms with Gasteiger partial charge in [-0.1, -0.05) is 43.1 Å². The number of sulfonamides is 1. The third kappa shape index (κ3) is 7.43. The first-order chi connectivity index (χ1) is 16.0. The quantitative estimate of drug-likeness (QED) is 0.464. The summed E-state index contributed by atoms with van der Waals surface area (Å²) in [6.45, 7) is 4.92. The number of halogens is 2. The minimum atomic E-state index is -3.86. The monoisotopic (exact) mass is 511 g/mol. The Morgan fingerprint density at radius 3 is 2.44 bits per heavy atom. The number of nitrogens with zero attached hydrogens (tertiary/aromatic N) is 2. The van der Waals surface area contributed by atoms with Crippen molar-refractivity contribution in [2.75, 3.05) is 23.7 Å². The van der Waals surface area contributed by atoms with Crippen LogP contribution in [0.4, 0.5) is 10.1 Å². The van der Waals surface area contributed by atoms with Crippen LogP contribution in [-0.4, -0.2) is 50.5 Å². The summed E-state index contributed by atoms with van der Waals surface area (Å²) in [6, 6.07) is 9.66. The molecule has 0 fully saturated rings. The Hall–Kier alpha value is -2.65. The second kappa shape index (κ2) is 12.2. The van der Waals surface area contributed by atoms with Crippen molar-refractivity contribution in [2.24, 2.45) is 0 Å². The molecule has 7 nitrogen and oxygen atoms in total. The van der Waals surface area contributed by atoms with Gasteiger partial charge in [0.15, 0.2) is 0 Å². The minimum absolute atomic E-state index is 0.189.